The van der Waals surface area contributed by atoms with Crippen molar-refractivity contribution in [3.63, 3.8) is 0 Å². The van der Waals surface area contributed by atoms with Crippen LogP contribution in [0.3, 0.4) is 0 Å². The zero-order valence-electron chi connectivity index (χ0n) is 9.35. The van der Waals surface area contributed by atoms with Gasteiger partial charge in [0.1, 0.15) is 0 Å². The van der Waals surface area contributed by atoms with Crippen LogP contribution in [0.2, 0.25) is 0 Å². The second-order valence-electron chi connectivity index (χ2n) is 3.96. The third-order valence-corrected chi connectivity index (χ3v) is 4.34. The number of rotatable bonds is 2. The number of aromatic nitrogens is 2. The van der Waals surface area contributed by atoms with Gasteiger partial charge in [0.2, 0.25) is 0 Å². The maximum absolute atomic E-state index is 4.29. The highest BCUT2D eigenvalue weighted by Crippen LogP contribution is 2.25. The van der Waals surface area contributed by atoms with Gasteiger partial charge in [0.05, 0.1) is 11.6 Å². The first-order chi connectivity index (χ1) is 8.24. The van der Waals surface area contributed by atoms with E-state index in [2.05, 4.69) is 55.9 Å². The number of aryl methyl sites for hydroxylation is 1. The summed E-state index contributed by atoms with van der Waals surface area (Å²) in [5.74, 6) is 0. The quantitative estimate of drug-likeness (QED) is 0.693. The van der Waals surface area contributed by atoms with Crippen molar-refractivity contribution in [2.24, 2.45) is 0 Å². The van der Waals surface area contributed by atoms with E-state index in [0.717, 1.165) is 16.0 Å². The van der Waals surface area contributed by atoms with Crippen molar-refractivity contribution in [2.75, 3.05) is 0 Å². The Morgan fingerprint density at radius 2 is 2.24 bits per heavy atom. The Kier molecular flexibility index (Phi) is 2.76. The van der Waals surface area contributed by atoms with Crippen LogP contribution in [0.1, 0.15) is 9.88 Å². The summed E-state index contributed by atoms with van der Waals surface area (Å²) in [6.45, 7) is 2.93. The molecule has 86 valence electrons. The van der Waals surface area contributed by atoms with Crippen molar-refractivity contribution in [3.8, 4) is 0 Å². The molecule has 0 aliphatic carbocycles. The molecule has 0 spiro atoms. The monoisotopic (exact) mass is 306 g/mol. The summed E-state index contributed by atoms with van der Waals surface area (Å²) in [6.07, 6.45) is 4.09. The molecular formula is C13H11BrN2S. The maximum atomic E-state index is 4.29. The molecule has 3 aromatic rings. The van der Waals surface area contributed by atoms with Crippen LogP contribution in [0.4, 0.5) is 0 Å². The maximum Gasteiger partial charge on any atom is 0.0897 e. The SMILES string of the molecule is Cc1ncc(Cn2ccc3c(Br)cccc32)s1. The van der Waals surface area contributed by atoms with Crippen LogP contribution < -0.4 is 0 Å². The second kappa shape index (κ2) is 4.27. The van der Waals surface area contributed by atoms with E-state index in [4.69, 9.17) is 0 Å². The van der Waals surface area contributed by atoms with Gasteiger partial charge in [-0.3, -0.25) is 0 Å². The van der Waals surface area contributed by atoms with Crippen LogP contribution in [0.25, 0.3) is 10.9 Å². The topological polar surface area (TPSA) is 17.8 Å². The van der Waals surface area contributed by atoms with Gasteiger partial charge in [-0.1, -0.05) is 22.0 Å². The van der Waals surface area contributed by atoms with Gasteiger partial charge in [0, 0.05) is 32.6 Å². The van der Waals surface area contributed by atoms with E-state index in [9.17, 15) is 0 Å². The molecule has 0 atom stereocenters. The van der Waals surface area contributed by atoms with Gasteiger partial charge >= 0.3 is 0 Å². The zero-order chi connectivity index (χ0) is 11.8. The van der Waals surface area contributed by atoms with Crippen molar-refractivity contribution >= 4 is 38.2 Å². The molecular weight excluding hydrogens is 296 g/mol. The molecule has 0 unspecified atom stereocenters. The minimum Gasteiger partial charge on any atom is -0.342 e. The van der Waals surface area contributed by atoms with Gasteiger partial charge in [-0.15, -0.1) is 11.3 Å². The highest BCUT2D eigenvalue weighted by Gasteiger charge is 2.05. The molecule has 0 N–H and O–H groups in total. The molecule has 0 fully saturated rings. The lowest BCUT2D eigenvalue weighted by atomic mass is 10.2. The number of hydrogen-bond acceptors (Lipinski definition) is 2. The lowest BCUT2D eigenvalue weighted by molar-refractivity contribution is 0.849. The van der Waals surface area contributed by atoms with E-state index in [-0.39, 0.29) is 0 Å². The summed E-state index contributed by atoms with van der Waals surface area (Å²) >= 11 is 5.33. The van der Waals surface area contributed by atoms with E-state index in [1.54, 1.807) is 11.3 Å². The van der Waals surface area contributed by atoms with E-state index in [1.807, 2.05) is 13.1 Å². The molecule has 2 nitrogen and oxygen atoms in total. The lowest BCUT2D eigenvalue weighted by Gasteiger charge is -2.03. The first kappa shape index (κ1) is 11.0. The van der Waals surface area contributed by atoms with Crippen molar-refractivity contribution in [3.05, 3.63) is 51.0 Å². The number of nitrogens with zero attached hydrogens (tertiary/aromatic N) is 2. The van der Waals surface area contributed by atoms with Crippen molar-refractivity contribution in [2.45, 2.75) is 13.5 Å². The molecule has 0 amide bonds. The Morgan fingerprint density at radius 1 is 1.35 bits per heavy atom. The fraction of sp³-hybridized carbons (Fsp3) is 0.154. The Bertz CT molecular complexity index is 669. The van der Waals surface area contributed by atoms with Crippen molar-refractivity contribution < 1.29 is 0 Å². The summed E-state index contributed by atoms with van der Waals surface area (Å²) in [4.78, 5) is 5.58. The Hall–Kier alpha value is -1.13. The lowest BCUT2D eigenvalue weighted by Crippen LogP contribution is -1.95. The van der Waals surface area contributed by atoms with Gasteiger partial charge in [-0.05, 0) is 25.1 Å². The van der Waals surface area contributed by atoms with Crippen LogP contribution in [0, 0.1) is 6.92 Å². The summed E-state index contributed by atoms with van der Waals surface area (Å²) in [5.41, 5.74) is 1.26. The number of hydrogen-bond donors (Lipinski definition) is 0. The zero-order valence-corrected chi connectivity index (χ0v) is 11.8. The van der Waals surface area contributed by atoms with Gasteiger partial charge in [-0.2, -0.15) is 0 Å². The van der Waals surface area contributed by atoms with Gasteiger partial charge in [0.15, 0.2) is 0 Å². The van der Waals surface area contributed by atoms with Crippen LogP contribution in [-0.4, -0.2) is 9.55 Å². The predicted octanol–water partition coefficient (Wildman–Crippen LogP) is 4.22. The third kappa shape index (κ3) is 2.03. The molecule has 4 heteroatoms. The van der Waals surface area contributed by atoms with E-state index in [1.165, 1.54) is 15.8 Å². The first-order valence-corrected chi connectivity index (χ1v) is 6.99. The first-order valence-electron chi connectivity index (χ1n) is 5.39. The second-order valence-corrected chi connectivity index (χ2v) is 6.14. The molecule has 0 aliphatic heterocycles. The normalized spacial score (nSPS) is 11.2. The van der Waals surface area contributed by atoms with Gasteiger partial charge in [-0.25, -0.2) is 4.98 Å². The van der Waals surface area contributed by atoms with E-state index < -0.39 is 0 Å². The molecule has 1 aromatic carbocycles. The van der Waals surface area contributed by atoms with Gasteiger partial charge < -0.3 is 4.57 Å². The number of benzene rings is 1. The Balaban J connectivity index is 2.04. The Labute approximate surface area is 112 Å². The average Bonchev–Trinajstić information content (AvgIpc) is 2.88. The van der Waals surface area contributed by atoms with Gasteiger partial charge in [0.25, 0.3) is 0 Å². The largest absolute Gasteiger partial charge is 0.342 e. The molecule has 0 bridgehead atoms. The minimum absolute atomic E-state index is 0.894. The highest BCUT2D eigenvalue weighted by molar-refractivity contribution is 9.10. The average molecular weight is 307 g/mol. The Morgan fingerprint density at radius 3 is 3.00 bits per heavy atom. The summed E-state index contributed by atoms with van der Waals surface area (Å²) < 4.78 is 3.40. The van der Waals surface area contributed by atoms with Crippen molar-refractivity contribution in [1.29, 1.82) is 0 Å². The number of fused-ring (bicyclic) bond motifs is 1. The predicted molar refractivity (Wildman–Crippen MR) is 75.6 cm³/mol. The third-order valence-electron chi connectivity index (χ3n) is 2.76. The van der Waals surface area contributed by atoms with Crippen LogP contribution >= 0.6 is 27.3 Å². The van der Waals surface area contributed by atoms with Crippen LogP contribution in [0.15, 0.2) is 41.1 Å². The molecule has 2 aromatic heterocycles. The fourth-order valence-corrected chi connectivity index (χ4v) is 3.25. The van der Waals surface area contributed by atoms with Crippen molar-refractivity contribution in [1.82, 2.24) is 9.55 Å². The summed E-state index contributed by atoms with van der Waals surface area (Å²) in [5, 5.41) is 2.38. The number of thiazole rings is 1. The highest BCUT2D eigenvalue weighted by atomic mass is 79.9. The summed E-state index contributed by atoms with van der Waals surface area (Å²) in [7, 11) is 0. The van der Waals surface area contributed by atoms with Crippen LogP contribution in [0.5, 0.6) is 0 Å². The molecule has 3 rings (SSSR count). The molecule has 0 saturated carbocycles. The smallest absolute Gasteiger partial charge is 0.0897 e. The molecule has 0 radical (unpaired) electrons. The fourth-order valence-electron chi connectivity index (χ4n) is 1.97. The van der Waals surface area contributed by atoms with E-state index in [0.29, 0.717) is 0 Å². The summed E-state index contributed by atoms with van der Waals surface area (Å²) in [6, 6.07) is 8.44. The number of halogens is 1. The minimum atomic E-state index is 0.894. The van der Waals surface area contributed by atoms with E-state index >= 15 is 0 Å². The molecule has 0 aliphatic rings. The van der Waals surface area contributed by atoms with Crippen LogP contribution in [-0.2, 0) is 6.54 Å². The molecule has 0 saturated heterocycles. The molecule has 17 heavy (non-hydrogen) atoms. The molecule has 2 heterocycles. The standard InChI is InChI=1S/C13H11BrN2S/c1-9-15-7-10(17-9)8-16-6-5-11-12(14)3-2-4-13(11)16/h2-7H,8H2,1H3.